The molecule has 38 heavy (non-hydrogen) atoms. The van der Waals surface area contributed by atoms with Crippen LogP contribution in [0.4, 0.5) is 5.82 Å². The molecule has 4 rings (SSSR count). The van der Waals surface area contributed by atoms with Crippen LogP contribution in [0, 0.1) is 6.92 Å². The molecule has 8 heteroatoms. The van der Waals surface area contributed by atoms with Crippen molar-refractivity contribution in [3.05, 3.63) is 71.9 Å². The van der Waals surface area contributed by atoms with Gasteiger partial charge < -0.3 is 19.3 Å². The number of anilines is 1. The van der Waals surface area contributed by atoms with Crippen LogP contribution < -0.4 is 5.32 Å². The molecule has 2 heterocycles. The van der Waals surface area contributed by atoms with Crippen molar-refractivity contribution in [3.8, 4) is 34.0 Å². The first-order valence-corrected chi connectivity index (χ1v) is 12.7. The summed E-state index contributed by atoms with van der Waals surface area (Å²) in [4.78, 5) is 20.9. The van der Waals surface area contributed by atoms with E-state index in [0.717, 1.165) is 22.3 Å². The number of ether oxygens (including phenoxy) is 2. The molecule has 0 saturated carbocycles. The van der Waals surface area contributed by atoms with Crippen molar-refractivity contribution in [1.82, 2.24) is 15.1 Å². The average Bonchev–Trinajstić information content (AvgIpc) is 3.37. The van der Waals surface area contributed by atoms with Crippen molar-refractivity contribution in [3.63, 3.8) is 0 Å². The van der Waals surface area contributed by atoms with E-state index in [9.17, 15) is 4.79 Å². The number of carbonyl (C=O) groups is 1. The Morgan fingerprint density at radius 2 is 1.82 bits per heavy atom. The van der Waals surface area contributed by atoms with E-state index in [1.807, 2.05) is 57.2 Å². The van der Waals surface area contributed by atoms with E-state index in [2.05, 4.69) is 45.6 Å². The van der Waals surface area contributed by atoms with E-state index < -0.39 is 5.60 Å². The van der Waals surface area contributed by atoms with Crippen LogP contribution in [0.15, 0.2) is 65.3 Å². The van der Waals surface area contributed by atoms with Gasteiger partial charge in [0.1, 0.15) is 11.4 Å². The number of hydrogen-bond donors (Lipinski definition) is 1. The summed E-state index contributed by atoms with van der Waals surface area (Å²) in [7, 11) is 1.69. The van der Waals surface area contributed by atoms with Gasteiger partial charge in [-0.05, 0) is 80.6 Å². The number of pyridine rings is 1. The van der Waals surface area contributed by atoms with Crippen LogP contribution in [-0.4, -0.2) is 40.3 Å². The van der Waals surface area contributed by atoms with Crippen molar-refractivity contribution in [2.75, 3.05) is 19.0 Å². The van der Waals surface area contributed by atoms with Crippen LogP contribution in [0.25, 0.3) is 34.0 Å². The molecule has 0 fully saturated rings. The maximum absolute atomic E-state index is 11.8. The standard InChI is InChI=1S/C30H34N4O4/c1-20-9-6-7-10-24(20)25-14-12-21(17-23(25)19-36-5)29-33-28(34-38-29)22-13-15-26(32-18-22)31-16-8-11-27(35)37-30(2,3)4/h6-7,9-10,12-15,17-18H,8,11,16,19H2,1-5H3,(H,31,32). The molecular formula is C30H34N4O4. The fourth-order valence-electron chi connectivity index (χ4n) is 4.07. The molecule has 198 valence electrons. The minimum atomic E-state index is -0.464. The number of nitrogens with one attached hydrogen (secondary N) is 1. The van der Waals surface area contributed by atoms with Gasteiger partial charge in [-0.3, -0.25) is 4.79 Å². The topological polar surface area (TPSA) is 99.4 Å². The third-order valence-electron chi connectivity index (χ3n) is 5.82. The summed E-state index contributed by atoms with van der Waals surface area (Å²) in [5, 5.41) is 7.38. The molecule has 0 atom stereocenters. The molecule has 1 N–H and O–H groups in total. The van der Waals surface area contributed by atoms with E-state index in [-0.39, 0.29) is 5.97 Å². The second-order valence-electron chi connectivity index (χ2n) is 10.1. The summed E-state index contributed by atoms with van der Waals surface area (Å²) in [6.45, 7) is 8.77. The number of carbonyl (C=O) groups excluding carboxylic acids is 1. The van der Waals surface area contributed by atoms with Crippen molar-refractivity contribution in [1.29, 1.82) is 0 Å². The van der Waals surface area contributed by atoms with Crippen LogP contribution in [0.1, 0.15) is 44.7 Å². The zero-order valence-electron chi connectivity index (χ0n) is 22.6. The number of aromatic nitrogens is 3. The molecule has 0 bridgehead atoms. The second kappa shape index (κ2) is 12.0. The van der Waals surface area contributed by atoms with Crippen molar-refractivity contribution in [2.45, 2.75) is 52.7 Å². The predicted molar refractivity (Wildman–Crippen MR) is 147 cm³/mol. The molecule has 0 aliphatic heterocycles. The molecule has 2 aromatic carbocycles. The lowest BCUT2D eigenvalue weighted by Crippen LogP contribution is -2.24. The Kier molecular flexibility index (Phi) is 8.53. The van der Waals surface area contributed by atoms with Crippen LogP contribution in [0.5, 0.6) is 0 Å². The van der Waals surface area contributed by atoms with Gasteiger partial charge in [0.2, 0.25) is 5.82 Å². The smallest absolute Gasteiger partial charge is 0.306 e. The van der Waals surface area contributed by atoms with E-state index in [1.54, 1.807) is 13.3 Å². The molecule has 0 unspecified atom stereocenters. The predicted octanol–water partition coefficient (Wildman–Crippen LogP) is 6.45. The van der Waals surface area contributed by atoms with Crippen molar-refractivity contribution in [2.24, 2.45) is 0 Å². The Balaban J connectivity index is 1.41. The van der Waals surface area contributed by atoms with E-state index in [0.29, 0.717) is 43.5 Å². The fourth-order valence-corrected chi connectivity index (χ4v) is 4.07. The van der Waals surface area contributed by atoms with E-state index in [4.69, 9.17) is 14.0 Å². The highest BCUT2D eigenvalue weighted by Gasteiger charge is 2.16. The van der Waals surface area contributed by atoms with Crippen molar-refractivity contribution < 1.29 is 18.8 Å². The minimum Gasteiger partial charge on any atom is -0.460 e. The lowest BCUT2D eigenvalue weighted by atomic mass is 9.94. The van der Waals surface area contributed by atoms with Gasteiger partial charge in [0.25, 0.3) is 5.89 Å². The van der Waals surface area contributed by atoms with Gasteiger partial charge in [0, 0.05) is 37.4 Å². The summed E-state index contributed by atoms with van der Waals surface area (Å²) < 4.78 is 16.4. The number of benzene rings is 2. The number of aryl methyl sites for hydroxylation is 1. The second-order valence-corrected chi connectivity index (χ2v) is 10.1. The Labute approximate surface area is 223 Å². The summed E-state index contributed by atoms with van der Waals surface area (Å²) in [5.41, 5.74) is 5.63. The Hall–Kier alpha value is -4.04. The lowest BCUT2D eigenvalue weighted by Gasteiger charge is -2.19. The third-order valence-corrected chi connectivity index (χ3v) is 5.82. The number of nitrogens with zero attached hydrogens (tertiary/aromatic N) is 3. The Morgan fingerprint density at radius 1 is 1.03 bits per heavy atom. The molecule has 0 radical (unpaired) electrons. The van der Waals surface area contributed by atoms with Crippen LogP contribution in [0.2, 0.25) is 0 Å². The number of hydrogen-bond acceptors (Lipinski definition) is 8. The zero-order valence-corrected chi connectivity index (χ0v) is 22.6. The summed E-state index contributed by atoms with van der Waals surface area (Å²) in [6, 6.07) is 18.1. The monoisotopic (exact) mass is 514 g/mol. The van der Waals surface area contributed by atoms with Crippen LogP contribution in [0.3, 0.4) is 0 Å². The highest BCUT2D eigenvalue weighted by atomic mass is 16.6. The average molecular weight is 515 g/mol. The number of methoxy groups -OCH3 is 1. The first kappa shape index (κ1) is 27.0. The van der Waals surface area contributed by atoms with Gasteiger partial charge in [-0.15, -0.1) is 0 Å². The van der Waals surface area contributed by atoms with E-state index in [1.165, 1.54) is 11.1 Å². The first-order chi connectivity index (χ1) is 18.2. The van der Waals surface area contributed by atoms with Gasteiger partial charge >= 0.3 is 5.97 Å². The molecule has 2 aromatic heterocycles. The highest BCUT2D eigenvalue weighted by molar-refractivity contribution is 5.74. The molecule has 0 spiro atoms. The maximum Gasteiger partial charge on any atom is 0.306 e. The maximum atomic E-state index is 11.8. The Bertz CT molecular complexity index is 1370. The van der Waals surface area contributed by atoms with Gasteiger partial charge in [0.05, 0.1) is 6.61 Å². The normalized spacial score (nSPS) is 11.4. The molecule has 4 aromatic rings. The van der Waals surface area contributed by atoms with Crippen LogP contribution >= 0.6 is 0 Å². The van der Waals surface area contributed by atoms with Gasteiger partial charge in [-0.1, -0.05) is 35.5 Å². The first-order valence-electron chi connectivity index (χ1n) is 12.7. The molecular weight excluding hydrogens is 480 g/mol. The quantitative estimate of drug-likeness (QED) is 0.190. The van der Waals surface area contributed by atoms with Gasteiger partial charge in [-0.2, -0.15) is 4.98 Å². The third kappa shape index (κ3) is 7.04. The van der Waals surface area contributed by atoms with Gasteiger partial charge in [0.15, 0.2) is 0 Å². The van der Waals surface area contributed by atoms with Crippen molar-refractivity contribution >= 4 is 11.8 Å². The lowest BCUT2D eigenvalue weighted by molar-refractivity contribution is -0.154. The summed E-state index contributed by atoms with van der Waals surface area (Å²) in [6.07, 6.45) is 2.70. The fraction of sp³-hybridized carbons (Fsp3) is 0.333. The number of rotatable bonds is 10. The SMILES string of the molecule is COCc1cc(-c2nc(-c3ccc(NCCCC(=O)OC(C)(C)C)nc3)no2)ccc1-c1ccccc1C. The molecule has 0 aliphatic rings. The summed E-state index contributed by atoms with van der Waals surface area (Å²) in [5.74, 6) is 1.39. The Morgan fingerprint density at radius 3 is 2.53 bits per heavy atom. The largest absolute Gasteiger partial charge is 0.460 e. The molecule has 0 amide bonds. The molecule has 8 nitrogen and oxygen atoms in total. The number of esters is 1. The summed E-state index contributed by atoms with van der Waals surface area (Å²) >= 11 is 0. The highest BCUT2D eigenvalue weighted by Crippen LogP contribution is 2.31. The zero-order chi connectivity index (χ0) is 27.1. The molecule has 0 aliphatic carbocycles. The van der Waals surface area contributed by atoms with E-state index >= 15 is 0 Å². The van der Waals surface area contributed by atoms with Gasteiger partial charge in [-0.25, -0.2) is 4.98 Å². The molecule has 0 saturated heterocycles. The minimum absolute atomic E-state index is 0.199. The van der Waals surface area contributed by atoms with Crippen LogP contribution in [-0.2, 0) is 20.9 Å².